The van der Waals surface area contributed by atoms with Crippen molar-refractivity contribution in [3.63, 3.8) is 0 Å². The second-order valence-electron chi connectivity index (χ2n) is 13.7. The molecule has 15 nitrogen and oxygen atoms in total. The van der Waals surface area contributed by atoms with Gasteiger partial charge in [0.05, 0.1) is 24.9 Å². The van der Waals surface area contributed by atoms with E-state index in [4.69, 9.17) is 14.2 Å². The van der Waals surface area contributed by atoms with E-state index in [0.717, 1.165) is 24.0 Å². The number of carbonyl (C=O) groups excluding carboxylic acids is 2. The third-order valence-electron chi connectivity index (χ3n) is 8.76. The molecule has 0 saturated carbocycles. The van der Waals surface area contributed by atoms with Crippen LogP contribution in [-0.2, 0) is 11.3 Å². The monoisotopic (exact) mass is 680 g/mol. The van der Waals surface area contributed by atoms with Gasteiger partial charge < -0.3 is 29.3 Å². The van der Waals surface area contributed by atoms with Gasteiger partial charge in [-0.15, -0.1) is 5.10 Å². The van der Waals surface area contributed by atoms with Gasteiger partial charge in [0, 0.05) is 55.1 Å². The third kappa shape index (κ3) is 7.75. The number of ether oxygens (including phenoxy) is 3. The first kappa shape index (κ1) is 34.1. The molecule has 1 N–H and O–H groups in total. The molecule has 1 atom stereocenters. The predicted molar refractivity (Wildman–Crippen MR) is 182 cm³/mol. The molecule has 2 saturated heterocycles. The highest BCUT2D eigenvalue weighted by Gasteiger charge is 2.48. The van der Waals surface area contributed by atoms with Crippen LogP contribution in [-0.4, -0.2) is 97.0 Å². The largest absolute Gasteiger partial charge is 0.495 e. The second-order valence-corrected chi connectivity index (χ2v) is 13.7. The van der Waals surface area contributed by atoms with Gasteiger partial charge in [-0.25, -0.2) is 19.4 Å². The first-order valence-electron chi connectivity index (χ1n) is 16.4. The van der Waals surface area contributed by atoms with Crippen LogP contribution in [0.5, 0.6) is 11.5 Å². The highest BCUT2D eigenvalue weighted by atomic mass is 16.6. The van der Waals surface area contributed by atoms with Gasteiger partial charge in [0.2, 0.25) is 5.95 Å². The molecule has 2 aromatic heterocycles. The lowest BCUT2D eigenvalue weighted by Crippen LogP contribution is -2.62. The van der Waals surface area contributed by atoms with Gasteiger partial charge in [-0.3, -0.25) is 4.79 Å². The zero-order valence-electron chi connectivity index (χ0n) is 28.8. The van der Waals surface area contributed by atoms with E-state index in [2.05, 4.69) is 36.9 Å². The van der Waals surface area contributed by atoms with Gasteiger partial charge in [-0.2, -0.15) is 5.26 Å². The van der Waals surface area contributed by atoms with Gasteiger partial charge in [0.15, 0.2) is 0 Å². The lowest BCUT2D eigenvalue weighted by molar-refractivity contribution is -0.0563. The van der Waals surface area contributed by atoms with Crippen molar-refractivity contribution < 1.29 is 23.8 Å². The molecular weight excluding hydrogens is 640 g/mol. The Bertz CT molecular complexity index is 1870. The molecule has 0 unspecified atom stereocenters. The number of carbonyl (C=O) groups is 2. The maximum Gasteiger partial charge on any atom is 0.410 e. The Kier molecular flexibility index (Phi) is 9.54. The number of anilines is 2. The summed E-state index contributed by atoms with van der Waals surface area (Å²) in [5.41, 5.74) is 2.56. The zero-order valence-corrected chi connectivity index (χ0v) is 28.8. The maximum absolute atomic E-state index is 13.5. The topological polar surface area (TPSA) is 174 Å². The van der Waals surface area contributed by atoms with Crippen molar-refractivity contribution in [1.82, 2.24) is 40.0 Å². The van der Waals surface area contributed by atoms with Crippen molar-refractivity contribution in [2.24, 2.45) is 5.41 Å². The number of hydrogen-bond acceptors (Lipinski definition) is 12. The molecule has 0 radical (unpaired) electrons. The van der Waals surface area contributed by atoms with Crippen LogP contribution < -0.4 is 14.8 Å². The Morgan fingerprint density at radius 1 is 1.02 bits per heavy atom. The van der Waals surface area contributed by atoms with E-state index in [9.17, 15) is 14.9 Å². The predicted octanol–water partition coefficient (Wildman–Crippen LogP) is 4.69. The van der Waals surface area contributed by atoms with Gasteiger partial charge >= 0.3 is 6.09 Å². The number of piperidine rings is 1. The standard InChI is InChI=1S/C35H40N10O5/c1-23(19-45-22-39-41-42-45)49-29-14-24(6-7-26(29)16-36)27-17-37-32(38-18-27)40-28-9-8-25(15-30(28)48-5)31(46)43-12-10-35(11-13-43)20-44(21-35)33(47)50-34(2,3)4/h6-9,14-15,17-18,22-23H,10-13,19-21H2,1-5H3,(H,37,38,40)/t23-/m0/s1. The van der Waals surface area contributed by atoms with Gasteiger partial charge in [-0.05, 0) is 86.9 Å². The number of aromatic nitrogens is 6. The van der Waals surface area contributed by atoms with Gasteiger partial charge in [0.1, 0.15) is 35.6 Å². The van der Waals surface area contributed by atoms with Gasteiger partial charge in [0.25, 0.3) is 5.91 Å². The summed E-state index contributed by atoms with van der Waals surface area (Å²) < 4.78 is 18.7. The Morgan fingerprint density at radius 2 is 1.76 bits per heavy atom. The summed E-state index contributed by atoms with van der Waals surface area (Å²) >= 11 is 0. The summed E-state index contributed by atoms with van der Waals surface area (Å²) in [4.78, 5) is 38.4. The number of nitrogens with one attached hydrogen (secondary N) is 1. The van der Waals surface area contributed by atoms with Crippen molar-refractivity contribution in [2.45, 2.75) is 58.8 Å². The average molecular weight is 681 g/mol. The van der Waals surface area contributed by atoms with E-state index in [0.29, 0.717) is 67.0 Å². The number of benzene rings is 2. The number of hydrogen-bond donors (Lipinski definition) is 1. The molecule has 1 spiro atoms. The van der Waals surface area contributed by atoms with Crippen LogP contribution in [0.3, 0.4) is 0 Å². The molecule has 4 aromatic rings. The van der Waals surface area contributed by atoms with Crippen LogP contribution in [0.25, 0.3) is 11.1 Å². The Morgan fingerprint density at radius 3 is 2.40 bits per heavy atom. The number of amides is 2. The molecule has 2 aromatic carbocycles. The molecule has 260 valence electrons. The lowest BCUT2D eigenvalue weighted by Gasteiger charge is -2.53. The summed E-state index contributed by atoms with van der Waals surface area (Å²) in [6.45, 7) is 10.4. The smallest absolute Gasteiger partial charge is 0.410 e. The number of nitriles is 1. The molecule has 0 bridgehead atoms. The minimum atomic E-state index is -0.522. The minimum Gasteiger partial charge on any atom is -0.495 e. The Hall–Kier alpha value is -5.78. The van der Waals surface area contributed by atoms with E-state index < -0.39 is 5.60 Å². The summed E-state index contributed by atoms with van der Waals surface area (Å²) in [7, 11) is 1.55. The molecule has 15 heteroatoms. The fourth-order valence-electron chi connectivity index (χ4n) is 6.16. The molecular formula is C35H40N10O5. The first-order valence-corrected chi connectivity index (χ1v) is 16.4. The normalized spacial score (nSPS) is 15.8. The Balaban J connectivity index is 1.06. The number of tetrazole rings is 1. The van der Waals surface area contributed by atoms with Crippen LogP contribution >= 0.6 is 0 Å². The van der Waals surface area contributed by atoms with Crippen molar-refractivity contribution in [1.29, 1.82) is 5.26 Å². The zero-order chi connectivity index (χ0) is 35.5. The third-order valence-corrected chi connectivity index (χ3v) is 8.76. The average Bonchev–Trinajstić information content (AvgIpc) is 3.59. The quantitative estimate of drug-likeness (QED) is 0.259. The van der Waals surface area contributed by atoms with Gasteiger partial charge in [-0.1, -0.05) is 6.07 Å². The molecule has 50 heavy (non-hydrogen) atoms. The first-order chi connectivity index (χ1) is 23.9. The SMILES string of the molecule is COc1cc(C(=O)N2CCC3(CC2)CN(C(=O)OC(C)(C)C)C3)ccc1Nc1ncc(-c2ccc(C#N)c(O[C@@H](C)Cn3cnnn3)c2)cn1. The van der Waals surface area contributed by atoms with Crippen LogP contribution in [0.2, 0.25) is 0 Å². The fraction of sp³-hybridized carbons (Fsp3) is 0.429. The van der Waals surface area contributed by atoms with Crippen molar-refractivity contribution >= 4 is 23.6 Å². The highest BCUT2D eigenvalue weighted by molar-refractivity contribution is 5.95. The summed E-state index contributed by atoms with van der Waals surface area (Å²) in [5, 5.41) is 23.9. The molecule has 2 aliphatic rings. The number of rotatable bonds is 9. The lowest BCUT2D eigenvalue weighted by atomic mass is 9.72. The van der Waals surface area contributed by atoms with Crippen LogP contribution in [0, 0.1) is 16.7 Å². The molecule has 0 aliphatic carbocycles. The maximum atomic E-state index is 13.5. The molecule has 2 aliphatic heterocycles. The summed E-state index contributed by atoms with van der Waals surface area (Å²) in [6, 6.07) is 12.7. The van der Waals surface area contributed by atoms with Crippen LogP contribution in [0.4, 0.5) is 16.4 Å². The second kappa shape index (κ2) is 14.0. The summed E-state index contributed by atoms with van der Waals surface area (Å²) in [6.07, 6.45) is 5.94. The number of nitrogens with zero attached hydrogens (tertiary/aromatic N) is 9. The van der Waals surface area contributed by atoms with Crippen molar-refractivity contribution in [3.8, 4) is 28.7 Å². The van der Waals surface area contributed by atoms with E-state index in [1.165, 1.54) is 6.33 Å². The number of methoxy groups -OCH3 is 1. The van der Waals surface area contributed by atoms with E-state index >= 15 is 0 Å². The summed E-state index contributed by atoms with van der Waals surface area (Å²) in [5.74, 6) is 1.19. The molecule has 2 fully saturated rings. The van der Waals surface area contributed by atoms with E-state index in [1.807, 2.05) is 38.7 Å². The highest BCUT2D eigenvalue weighted by Crippen LogP contribution is 2.41. The van der Waals surface area contributed by atoms with Crippen molar-refractivity contribution in [3.05, 3.63) is 66.2 Å². The minimum absolute atomic E-state index is 0.0423. The van der Waals surface area contributed by atoms with Crippen LogP contribution in [0.15, 0.2) is 55.1 Å². The van der Waals surface area contributed by atoms with E-state index in [-0.39, 0.29) is 23.5 Å². The van der Waals surface area contributed by atoms with Crippen LogP contribution in [0.1, 0.15) is 56.5 Å². The number of likely N-dealkylation sites (tertiary alicyclic amines) is 2. The fourth-order valence-corrected chi connectivity index (χ4v) is 6.16. The van der Waals surface area contributed by atoms with Crippen molar-refractivity contribution in [2.75, 3.05) is 38.6 Å². The molecule has 2 amide bonds. The Labute approximate surface area is 290 Å². The molecule has 6 rings (SSSR count). The molecule has 4 heterocycles. The van der Waals surface area contributed by atoms with E-state index in [1.54, 1.807) is 59.4 Å².